The Hall–Kier alpha value is -0.660. The number of ether oxygens (including phenoxy) is 1. The van der Waals surface area contributed by atoms with E-state index in [1.54, 1.807) is 20.8 Å². The molecule has 0 aliphatic rings. The maximum atomic E-state index is 11.3. The summed E-state index contributed by atoms with van der Waals surface area (Å²) < 4.78 is 29.5. The lowest BCUT2D eigenvalue weighted by Crippen LogP contribution is -2.34. The summed E-state index contributed by atoms with van der Waals surface area (Å²) in [5.41, 5.74) is -0.587. The Labute approximate surface area is 102 Å². The fourth-order valence-electron chi connectivity index (χ4n) is 0.949. The lowest BCUT2D eigenvalue weighted by atomic mass is 9.97. The van der Waals surface area contributed by atoms with E-state index in [4.69, 9.17) is 9.84 Å². The summed E-state index contributed by atoms with van der Waals surface area (Å²) in [4.78, 5) is 11.3. The molecule has 0 bridgehead atoms. The summed E-state index contributed by atoms with van der Waals surface area (Å²) in [6.45, 7) is 6.54. The molecule has 0 saturated carbocycles. The molecule has 0 radical (unpaired) electrons. The van der Waals surface area contributed by atoms with Crippen LogP contribution in [0.5, 0.6) is 0 Å². The molecule has 0 aromatic carbocycles. The topological polar surface area (TPSA) is 92.7 Å². The predicted octanol–water partition coefficient (Wildman–Crippen LogP) is 0.223. The Morgan fingerprint density at radius 1 is 1.41 bits per heavy atom. The number of esters is 1. The second-order valence-corrected chi connectivity index (χ2v) is 6.73. The second-order valence-electron chi connectivity index (χ2n) is 4.85. The minimum absolute atomic E-state index is 0.0524. The number of carbonyl (C=O) groups is 1. The minimum atomic E-state index is -3.51. The second kappa shape index (κ2) is 6.32. The van der Waals surface area contributed by atoms with Crippen molar-refractivity contribution in [2.45, 2.75) is 40.3 Å². The Bertz CT molecular complexity index is 342. The maximum absolute atomic E-state index is 11.3. The zero-order valence-electron chi connectivity index (χ0n) is 10.7. The Kier molecular flexibility index (Phi) is 6.08. The van der Waals surface area contributed by atoms with E-state index in [1.165, 1.54) is 6.92 Å². The summed E-state index contributed by atoms with van der Waals surface area (Å²) in [5, 5.41) is 8.86. The van der Waals surface area contributed by atoms with Crippen LogP contribution in [-0.4, -0.2) is 38.1 Å². The highest BCUT2D eigenvalue weighted by atomic mass is 32.2. The van der Waals surface area contributed by atoms with Crippen molar-refractivity contribution < 1.29 is 23.1 Å². The van der Waals surface area contributed by atoms with E-state index in [9.17, 15) is 13.2 Å². The molecule has 17 heavy (non-hydrogen) atoms. The van der Waals surface area contributed by atoms with E-state index in [2.05, 4.69) is 0 Å². The number of aliphatic hydroxyl groups is 1. The molecule has 1 unspecified atom stereocenters. The summed E-state index contributed by atoms with van der Waals surface area (Å²) >= 11 is 0. The van der Waals surface area contributed by atoms with Gasteiger partial charge < -0.3 is 9.84 Å². The SMILES string of the molecule is CC(O)NS(=O)(=O)CCCOC(=O)C(C)(C)C. The normalized spacial score (nSPS) is 14.4. The van der Waals surface area contributed by atoms with Gasteiger partial charge in [0.25, 0.3) is 0 Å². The zero-order chi connectivity index (χ0) is 13.7. The van der Waals surface area contributed by atoms with Crippen LogP contribution in [-0.2, 0) is 19.6 Å². The van der Waals surface area contributed by atoms with Gasteiger partial charge in [0.1, 0.15) is 6.23 Å². The van der Waals surface area contributed by atoms with E-state index in [0.29, 0.717) is 0 Å². The number of hydrogen-bond acceptors (Lipinski definition) is 5. The molecule has 6 nitrogen and oxygen atoms in total. The van der Waals surface area contributed by atoms with Crippen LogP contribution in [0.15, 0.2) is 0 Å². The lowest BCUT2D eigenvalue weighted by molar-refractivity contribution is -0.152. The van der Waals surface area contributed by atoms with Gasteiger partial charge in [0.05, 0.1) is 17.8 Å². The van der Waals surface area contributed by atoms with E-state index < -0.39 is 21.7 Å². The molecule has 0 rings (SSSR count). The number of rotatable bonds is 6. The molecule has 0 saturated heterocycles. The Morgan fingerprint density at radius 2 is 1.94 bits per heavy atom. The Balaban J connectivity index is 3.91. The number of aliphatic hydroxyl groups excluding tert-OH is 1. The molecule has 0 aliphatic heterocycles. The van der Waals surface area contributed by atoms with E-state index in [0.717, 1.165) is 0 Å². The summed E-state index contributed by atoms with van der Waals surface area (Å²) in [7, 11) is -3.51. The number of hydrogen-bond donors (Lipinski definition) is 2. The predicted molar refractivity (Wildman–Crippen MR) is 63.6 cm³/mol. The van der Waals surface area contributed by atoms with Gasteiger partial charge in [-0.15, -0.1) is 0 Å². The fraction of sp³-hybridized carbons (Fsp3) is 0.900. The number of sulfonamides is 1. The number of carbonyl (C=O) groups excluding carboxylic acids is 1. The first-order valence-electron chi connectivity index (χ1n) is 5.40. The molecule has 0 aromatic heterocycles. The molecule has 0 amide bonds. The first kappa shape index (κ1) is 16.3. The van der Waals surface area contributed by atoms with Gasteiger partial charge in [-0.1, -0.05) is 0 Å². The van der Waals surface area contributed by atoms with Crippen LogP contribution in [0.3, 0.4) is 0 Å². The van der Waals surface area contributed by atoms with E-state index >= 15 is 0 Å². The summed E-state index contributed by atoms with van der Waals surface area (Å²) in [5.74, 6) is -0.548. The molecular formula is C10H21NO5S. The highest BCUT2D eigenvalue weighted by Gasteiger charge is 2.23. The summed E-state index contributed by atoms with van der Waals surface area (Å²) in [6.07, 6.45) is -0.915. The van der Waals surface area contributed by atoms with Gasteiger partial charge in [-0.05, 0) is 34.1 Å². The average Bonchev–Trinajstić information content (AvgIpc) is 2.08. The van der Waals surface area contributed by atoms with Crippen molar-refractivity contribution in [3.63, 3.8) is 0 Å². The largest absolute Gasteiger partial charge is 0.465 e. The molecule has 0 aliphatic carbocycles. The van der Waals surface area contributed by atoms with Crippen LogP contribution < -0.4 is 4.72 Å². The highest BCUT2D eigenvalue weighted by Crippen LogP contribution is 2.15. The van der Waals surface area contributed by atoms with Gasteiger partial charge in [0.15, 0.2) is 0 Å². The first-order chi connectivity index (χ1) is 7.54. The van der Waals surface area contributed by atoms with Crippen molar-refractivity contribution in [2.75, 3.05) is 12.4 Å². The third kappa shape index (κ3) is 8.12. The van der Waals surface area contributed by atoms with Gasteiger partial charge in [0, 0.05) is 0 Å². The molecule has 1 atom stereocenters. The number of nitrogens with one attached hydrogen (secondary N) is 1. The molecule has 0 aromatic rings. The monoisotopic (exact) mass is 267 g/mol. The first-order valence-corrected chi connectivity index (χ1v) is 7.05. The molecule has 0 spiro atoms. The van der Waals surface area contributed by atoms with Crippen LogP contribution in [0.4, 0.5) is 0 Å². The van der Waals surface area contributed by atoms with Gasteiger partial charge in [-0.3, -0.25) is 4.79 Å². The van der Waals surface area contributed by atoms with Crippen LogP contribution in [0.25, 0.3) is 0 Å². The van der Waals surface area contributed by atoms with Crippen molar-refractivity contribution in [2.24, 2.45) is 5.41 Å². The third-order valence-electron chi connectivity index (χ3n) is 1.75. The van der Waals surface area contributed by atoms with E-state index in [-0.39, 0.29) is 24.7 Å². The van der Waals surface area contributed by atoms with Crippen molar-refractivity contribution in [3.8, 4) is 0 Å². The standard InChI is InChI=1S/C10H21NO5S/c1-8(12)11-17(14,15)7-5-6-16-9(13)10(2,3)4/h8,11-12H,5-7H2,1-4H3. The molecule has 2 N–H and O–H groups in total. The zero-order valence-corrected chi connectivity index (χ0v) is 11.5. The van der Waals surface area contributed by atoms with Crippen molar-refractivity contribution in [3.05, 3.63) is 0 Å². The molecule has 7 heteroatoms. The molecule has 102 valence electrons. The van der Waals surface area contributed by atoms with Gasteiger partial charge in [-0.2, -0.15) is 4.72 Å². The van der Waals surface area contributed by atoms with Gasteiger partial charge in [0.2, 0.25) is 10.0 Å². The van der Waals surface area contributed by atoms with Crippen LogP contribution in [0.1, 0.15) is 34.1 Å². The third-order valence-corrected chi connectivity index (χ3v) is 3.28. The quantitative estimate of drug-likeness (QED) is 0.408. The van der Waals surface area contributed by atoms with Crippen LogP contribution in [0.2, 0.25) is 0 Å². The molecular weight excluding hydrogens is 246 g/mol. The minimum Gasteiger partial charge on any atom is -0.465 e. The van der Waals surface area contributed by atoms with Crippen molar-refractivity contribution in [1.82, 2.24) is 4.72 Å². The Morgan fingerprint density at radius 3 is 2.35 bits per heavy atom. The van der Waals surface area contributed by atoms with Crippen LogP contribution >= 0.6 is 0 Å². The summed E-state index contributed by atoms with van der Waals surface area (Å²) in [6, 6.07) is 0. The average molecular weight is 267 g/mol. The molecule has 0 fully saturated rings. The van der Waals surface area contributed by atoms with Crippen molar-refractivity contribution in [1.29, 1.82) is 0 Å². The van der Waals surface area contributed by atoms with Crippen LogP contribution in [0, 0.1) is 5.41 Å². The highest BCUT2D eigenvalue weighted by molar-refractivity contribution is 7.89. The fourth-order valence-corrected chi connectivity index (χ4v) is 2.08. The molecule has 0 heterocycles. The van der Waals surface area contributed by atoms with Crippen molar-refractivity contribution >= 4 is 16.0 Å². The van der Waals surface area contributed by atoms with E-state index in [1.807, 2.05) is 4.72 Å². The lowest BCUT2D eigenvalue weighted by Gasteiger charge is -2.16. The maximum Gasteiger partial charge on any atom is 0.311 e. The van der Waals surface area contributed by atoms with Gasteiger partial charge >= 0.3 is 5.97 Å². The van der Waals surface area contributed by atoms with Gasteiger partial charge in [-0.25, -0.2) is 8.42 Å². The smallest absolute Gasteiger partial charge is 0.311 e.